The Hall–Kier alpha value is -3.36. The number of anilines is 1. The standard InChI is InChI=1S/C21H25N3O6/c1-13-7-5-6-10-15(13)23-21(28)24-17(26)12-30-20(27)18-16(25)11-29-19(18)22-14-8-3-2-4-9-14/h2-4,8-9,13,15,22H,5-7,10-12H2,1H3,(H2,23,24,26,28)/t13-,15-/m0/s1. The second kappa shape index (κ2) is 9.91. The Morgan fingerprint density at radius 1 is 1.13 bits per heavy atom. The fourth-order valence-corrected chi connectivity index (χ4v) is 3.47. The Kier molecular flexibility index (Phi) is 7.05. The third-order valence-corrected chi connectivity index (χ3v) is 5.10. The molecule has 0 saturated heterocycles. The van der Waals surface area contributed by atoms with Crippen molar-refractivity contribution >= 4 is 29.4 Å². The maximum absolute atomic E-state index is 12.3. The summed E-state index contributed by atoms with van der Waals surface area (Å²) in [6, 6.07) is 8.24. The minimum Gasteiger partial charge on any atom is -0.470 e. The van der Waals surface area contributed by atoms with Crippen molar-refractivity contribution < 1.29 is 28.7 Å². The number of carbonyl (C=O) groups excluding carboxylic acids is 4. The Morgan fingerprint density at radius 2 is 1.87 bits per heavy atom. The van der Waals surface area contributed by atoms with Gasteiger partial charge in [0.05, 0.1) is 0 Å². The number of rotatable bonds is 6. The van der Waals surface area contributed by atoms with E-state index >= 15 is 0 Å². The lowest BCUT2D eigenvalue weighted by atomic mass is 9.86. The van der Waals surface area contributed by atoms with Crippen LogP contribution < -0.4 is 16.0 Å². The zero-order valence-corrected chi connectivity index (χ0v) is 16.7. The van der Waals surface area contributed by atoms with Crippen LogP contribution in [0, 0.1) is 5.92 Å². The van der Waals surface area contributed by atoms with Crippen LogP contribution in [-0.2, 0) is 23.9 Å². The van der Waals surface area contributed by atoms with Crippen molar-refractivity contribution in [3.8, 4) is 0 Å². The highest BCUT2D eigenvalue weighted by molar-refractivity contribution is 6.20. The van der Waals surface area contributed by atoms with Gasteiger partial charge in [-0.2, -0.15) is 0 Å². The van der Waals surface area contributed by atoms with Gasteiger partial charge in [-0.15, -0.1) is 0 Å². The fourth-order valence-electron chi connectivity index (χ4n) is 3.47. The van der Waals surface area contributed by atoms with Gasteiger partial charge in [-0.25, -0.2) is 9.59 Å². The van der Waals surface area contributed by atoms with Gasteiger partial charge in [0.15, 0.2) is 18.8 Å². The first-order valence-electron chi connectivity index (χ1n) is 9.94. The van der Waals surface area contributed by atoms with Gasteiger partial charge in [0.2, 0.25) is 11.7 Å². The molecule has 1 saturated carbocycles. The van der Waals surface area contributed by atoms with Gasteiger partial charge in [-0.1, -0.05) is 38.0 Å². The van der Waals surface area contributed by atoms with E-state index in [9.17, 15) is 19.2 Å². The Labute approximate surface area is 174 Å². The summed E-state index contributed by atoms with van der Waals surface area (Å²) >= 11 is 0. The molecule has 1 aliphatic carbocycles. The molecule has 0 aromatic heterocycles. The maximum atomic E-state index is 12.3. The van der Waals surface area contributed by atoms with Crippen molar-refractivity contribution in [1.82, 2.24) is 10.6 Å². The molecule has 0 radical (unpaired) electrons. The monoisotopic (exact) mass is 415 g/mol. The van der Waals surface area contributed by atoms with Gasteiger partial charge in [0, 0.05) is 11.7 Å². The largest absolute Gasteiger partial charge is 0.470 e. The zero-order chi connectivity index (χ0) is 21.5. The predicted molar refractivity (Wildman–Crippen MR) is 107 cm³/mol. The van der Waals surface area contributed by atoms with E-state index < -0.39 is 30.3 Å². The van der Waals surface area contributed by atoms with Crippen LogP contribution in [0.15, 0.2) is 41.8 Å². The highest BCUT2D eigenvalue weighted by Gasteiger charge is 2.33. The van der Waals surface area contributed by atoms with Crippen LogP contribution >= 0.6 is 0 Å². The quantitative estimate of drug-likeness (QED) is 0.479. The van der Waals surface area contributed by atoms with E-state index in [-0.39, 0.29) is 24.1 Å². The number of carbonyl (C=O) groups is 4. The molecule has 1 aromatic carbocycles. The summed E-state index contributed by atoms with van der Waals surface area (Å²) in [5, 5.41) is 7.76. The van der Waals surface area contributed by atoms with Gasteiger partial charge in [0.1, 0.15) is 0 Å². The molecule has 3 N–H and O–H groups in total. The molecule has 9 nitrogen and oxygen atoms in total. The highest BCUT2D eigenvalue weighted by atomic mass is 16.5. The molecule has 9 heteroatoms. The molecular formula is C21H25N3O6. The molecule has 3 amide bonds. The number of urea groups is 1. The molecule has 0 unspecified atom stereocenters. The number of nitrogens with one attached hydrogen (secondary N) is 3. The summed E-state index contributed by atoms with van der Waals surface area (Å²) in [5.74, 6) is -2.02. The van der Waals surface area contributed by atoms with Crippen molar-refractivity contribution in [3.05, 3.63) is 41.8 Å². The van der Waals surface area contributed by atoms with Crippen molar-refractivity contribution in [1.29, 1.82) is 0 Å². The first-order valence-corrected chi connectivity index (χ1v) is 9.94. The fraction of sp³-hybridized carbons (Fsp3) is 0.429. The summed E-state index contributed by atoms with van der Waals surface area (Å²) in [6.07, 6.45) is 4.06. The average molecular weight is 415 g/mol. The van der Waals surface area contributed by atoms with Crippen molar-refractivity contribution in [2.24, 2.45) is 5.92 Å². The van der Waals surface area contributed by atoms with Crippen molar-refractivity contribution in [2.45, 2.75) is 38.6 Å². The molecule has 2 aliphatic rings. The van der Waals surface area contributed by atoms with E-state index in [2.05, 4.69) is 22.9 Å². The van der Waals surface area contributed by atoms with Gasteiger partial charge in [-0.05, 0) is 30.9 Å². The lowest BCUT2D eigenvalue weighted by Crippen LogP contribution is -2.48. The third kappa shape index (κ3) is 5.59. The van der Waals surface area contributed by atoms with Crippen molar-refractivity contribution in [2.75, 3.05) is 18.5 Å². The summed E-state index contributed by atoms with van der Waals surface area (Å²) in [4.78, 5) is 48.3. The summed E-state index contributed by atoms with van der Waals surface area (Å²) in [5.41, 5.74) is 0.325. The van der Waals surface area contributed by atoms with Gasteiger partial charge >= 0.3 is 12.0 Å². The maximum Gasteiger partial charge on any atom is 0.347 e. The lowest BCUT2D eigenvalue weighted by molar-refractivity contribution is -0.145. The Morgan fingerprint density at radius 3 is 2.60 bits per heavy atom. The molecule has 1 aromatic rings. The van der Waals surface area contributed by atoms with Crippen LogP contribution in [0.2, 0.25) is 0 Å². The van der Waals surface area contributed by atoms with Crippen LogP contribution in [0.3, 0.4) is 0 Å². The Balaban J connectivity index is 1.50. The van der Waals surface area contributed by atoms with Crippen molar-refractivity contribution in [3.63, 3.8) is 0 Å². The number of esters is 1. The molecule has 1 heterocycles. The topological polar surface area (TPSA) is 123 Å². The molecule has 30 heavy (non-hydrogen) atoms. The number of hydrogen-bond acceptors (Lipinski definition) is 7. The number of Topliss-reactive ketones (excluding diaryl/α,β-unsaturated/α-hetero) is 1. The molecule has 1 aliphatic heterocycles. The highest BCUT2D eigenvalue weighted by Crippen LogP contribution is 2.23. The van der Waals surface area contributed by atoms with E-state index in [0.29, 0.717) is 11.6 Å². The first-order chi connectivity index (χ1) is 14.4. The van der Waals surface area contributed by atoms with E-state index in [1.54, 1.807) is 24.3 Å². The molecule has 160 valence electrons. The van der Waals surface area contributed by atoms with Crippen LogP contribution in [0.25, 0.3) is 0 Å². The Bertz CT molecular complexity index is 852. The van der Waals surface area contributed by atoms with E-state index in [1.807, 2.05) is 6.07 Å². The van der Waals surface area contributed by atoms with Crippen LogP contribution in [0.4, 0.5) is 10.5 Å². The molecule has 0 spiro atoms. The number of amides is 3. The molecular weight excluding hydrogens is 390 g/mol. The van der Waals surface area contributed by atoms with Gasteiger partial charge < -0.3 is 20.1 Å². The van der Waals surface area contributed by atoms with E-state index in [4.69, 9.17) is 9.47 Å². The predicted octanol–water partition coefficient (Wildman–Crippen LogP) is 1.86. The SMILES string of the molecule is C[C@H]1CCCC[C@@H]1NC(=O)NC(=O)COC(=O)C1=C(Nc2ccccc2)OCC1=O. The zero-order valence-electron chi connectivity index (χ0n) is 16.7. The minimum absolute atomic E-state index is 0.0131. The smallest absolute Gasteiger partial charge is 0.347 e. The second-order valence-corrected chi connectivity index (χ2v) is 7.37. The minimum atomic E-state index is -0.993. The molecule has 0 bridgehead atoms. The normalized spacial score (nSPS) is 20.9. The molecule has 3 rings (SSSR count). The second-order valence-electron chi connectivity index (χ2n) is 7.37. The average Bonchev–Trinajstić information content (AvgIpc) is 3.08. The van der Waals surface area contributed by atoms with Crippen LogP contribution in [0.5, 0.6) is 0 Å². The first kappa shape index (κ1) is 21.4. The van der Waals surface area contributed by atoms with Gasteiger partial charge in [0.25, 0.3) is 5.91 Å². The third-order valence-electron chi connectivity index (χ3n) is 5.10. The number of ether oxygens (including phenoxy) is 2. The van der Waals surface area contributed by atoms with E-state index in [0.717, 1.165) is 25.7 Å². The number of para-hydroxylation sites is 1. The summed E-state index contributed by atoms with van der Waals surface area (Å²) in [7, 11) is 0. The van der Waals surface area contributed by atoms with Crippen LogP contribution in [0.1, 0.15) is 32.6 Å². The van der Waals surface area contributed by atoms with Crippen LogP contribution in [-0.4, -0.2) is 42.9 Å². The molecule has 2 atom stereocenters. The summed E-state index contributed by atoms with van der Waals surface area (Å²) < 4.78 is 10.1. The van der Waals surface area contributed by atoms with Gasteiger partial charge in [-0.3, -0.25) is 14.9 Å². The number of imide groups is 1. The number of benzene rings is 1. The van der Waals surface area contributed by atoms with E-state index in [1.165, 1.54) is 0 Å². The number of ketones is 1. The molecule has 1 fully saturated rings. The number of hydrogen-bond donors (Lipinski definition) is 3. The summed E-state index contributed by atoms with van der Waals surface area (Å²) in [6.45, 7) is 1.07. The lowest BCUT2D eigenvalue weighted by Gasteiger charge is -2.29.